The van der Waals surface area contributed by atoms with E-state index in [4.69, 9.17) is 9.72 Å². The van der Waals surface area contributed by atoms with Crippen LogP contribution in [-0.4, -0.2) is 27.7 Å². The summed E-state index contributed by atoms with van der Waals surface area (Å²) in [6.07, 6.45) is 0. The molecule has 0 saturated heterocycles. The molecule has 1 aromatic heterocycles. The van der Waals surface area contributed by atoms with Gasteiger partial charge in [-0.3, -0.25) is 9.36 Å². The Hall–Kier alpha value is -4.26. The van der Waals surface area contributed by atoms with Crippen molar-refractivity contribution in [3.05, 3.63) is 89.6 Å². The van der Waals surface area contributed by atoms with Crippen molar-refractivity contribution in [1.82, 2.24) is 9.55 Å². The number of phenols is 1. The number of phenolic OH excluding ortho intramolecular Hbond substituents is 1. The Morgan fingerprint density at radius 3 is 2.53 bits per heavy atom. The maximum atomic E-state index is 13.5. The fraction of sp³-hybridized carbons (Fsp3) is 0.120. The van der Waals surface area contributed by atoms with Crippen LogP contribution in [-0.2, 0) is 4.79 Å². The van der Waals surface area contributed by atoms with Crippen molar-refractivity contribution in [2.75, 3.05) is 17.7 Å². The summed E-state index contributed by atoms with van der Waals surface area (Å²) >= 11 is 0. The van der Waals surface area contributed by atoms with E-state index in [1.165, 1.54) is 0 Å². The van der Waals surface area contributed by atoms with Crippen LogP contribution in [0.1, 0.15) is 18.5 Å². The zero-order valence-corrected chi connectivity index (χ0v) is 17.7. The molecule has 0 aliphatic carbocycles. The van der Waals surface area contributed by atoms with Crippen molar-refractivity contribution < 1.29 is 14.6 Å². The number of hydrogen-bond donors (Lipinski definition) is 3. The summed E-state index contributed by atoms with van der Waals surface area (Å²) in [5.74, 6) is 1.18. The Bertz CT molecular complexity index is 1360. The molecule has 2 heterocycles. The van der Waals surface area contributed by atoms with Gasteiger partial charge in [-0.05, 0) is 49.4 Å². The molecule has 0 spiro atoms. The number of rotatable bonds is 4. The monoisotopic (exact) mass is 426 g/mol. The quantitative estimate of drug-likeness (QED) is 0.441. The average molecular weight is 426 g/mol. The van der Waals surface area contributed by atoms with Crippen molar-refractivity contribution in [2.24, 2.45) is 0 Å². The standard InChI is InChI=1S/C25H22N4O3/c1-15-22(24(31)27-16-11-13-17(32-2)14-12-16)23(18-7-3-6-10-21(18)30)29-20-9-5-4-8-19(20)28-25(29)26-15/h3-14,23,30H,1-2H3,(H,26,28)(H,27,31)/t23-/m1/s1. The molecule has 160 valence electrons. The highest BCUT2D eigenvalue weighted by Crippen LogP contribution is 2.42. The van der Waals surface area contributed by atoms with Crippen molar-refractivity contribution in [2.45, 2.75) is 13.0 Å². The number of methoxy groups -OCH3 is 1. The second-order valence-corrected chi connectivity index (χ2v) is 7.60. The fourth-order valence-corrected chi connectivity index (χ4v) is 4.14. The van der Waals surface area contributed by atoms with Crippen molar-refractivity contribution in [1.29, 1.82) is 0 Å². The van der Waals surface area contributed by atoms with Crippen LogP contribution < -0.4 is 15.4 Å². The summed E-state index contributed by atoms with van der Waals surface area (Å²) in [6, 6.07) is 21.4. The number of allylic oxidation sites excluding steroid dienone is 1. The van der Waals surface area contributed by atoms with E-state index in [0.29, 0.717) is 34.2 Å². The highest BCUT2D eigenvalue weighted by atomic mass is 16.5. The van der Waals surface area contributed by atoms with Gasteiger partial charge in [-0.1, -0.05) is 30.3 Å². The van der Waals surface area contributed by atoms with Gasteiger partial charge in [0.05, 0.1) is 29.8 Å². The maximum absolute atomic E-state index is 13.5. The first kappa shape index (κ1) is 19.7. The van der Waals surface area contributed by atoms with Gasteiger partial charge < -0.3 is 20.5 Å². The number of nitrogens with zero attached hydrogens (tertiary/aromatic N) is 2. The Morgan fingerprint density at radius 2 is 1.78 bits per heavy atom. The zero-order chi connectivity index (χ0) is 22.2. The van der Waals surface area contributed by atoms with E-state index in [9.17, 15) is 9.90 Å². The van der Waals surface area contributed by atoms with Gasteiger partial charge in [0.2, 0.25) is 5.95 Å². The molecule has 0 saturated carbocycles. The van der Waals surface area contributed by atoms with Crippen LogP contribution in [0.5, 0.6) is 11.5 Å². The molecule has 1 amide bonds. The average Bonchev–Trinajstić information content (AvgIpc) is 3.17. The molecular formula is C25H22N4O3. The van der Waals surface area contributed by atoms with Crippen LogP contribution in [0, 0.1) is 0 Å². The number of anilines is 2. The fourth-order valence-electron chi connectivity index (χ4n) is 4.14. The number of benzene rings is 3. The summed E-state index contributed by atoms with van der Waals surface area (Å²) in [6.45, 7) is 1.85. The van der Waals surface area contributed by atoms with Gasteiger partial charge in [0.15, 0.2) is 0 Å². The molecular weight excluding hydrogens is 404 g/mol. The molecule has 3 N–H and O–H groups in total. The number of nitrogens with one attached hydrogen (secondary N) is 2. The number of amides is 1. The molecule has 32 heavy (non-hydrogen) atoms. The van der Waals surface area contributed by atoms with E-state index in [0.717, 1.165) is 11.0 Å². The topological polar surface area (TPSA) is 88.4 Å². The predicted octanol–water partition coefficient (Wildman–Crippen LogP) is 4.68. The Balaban J connectivity index is 1.64. The van der Waals surface area contributed by atoms with E-state index in [1.54, 1.807) is 43.5 Å². The van der Waals surface area contributed by atoms with Gasteiger partial charge in [0.25, 0.3) is 5.91 Å². The molecule has 4 aromatic rings. The molecule has 0 unspecified atom stereocenters. The van der Waals surface area contributed by atoms with E-state index in [2.05, 4.69) is 10.6 Å². The number of imidazole rings is 1. The van der Waals surface area contributed by atoms with E-state index in [-0.39, 0.29) is 11.7 Å². The first-order valence-electron chi connectivity index (χ1n) is 10.2. The summed E-state index contributed by atoms with van der Waals surface area (Å²) in [7, 11) is 1.60. The van der Waals surface area contributed by atoms with Crippen molar-refractivity contribution in [3.8, 4) is 11.5 Å². The second-order valence-electron chi connectivity index (χ2n) is 7.60. The van der Waals surface area contributed by atoms with Crippen molar-refractivity contribution in [3.63, 3.8) is 0 Å². The molecule has 1 aliphatic heterocycles. The lowest BCUT2D eigenvalue weighted by Gasteiger charge is -2.31. The predicted molar refractivity (Wildman–Crippen MR) is 124 cm³/mol. The number of aromatic nitrogens is 2. The normalized spacial score (nSPS) is 15.2. The number of carbonyl (C=O) groups excluding carboxylic acids is 1. The summed E-state index contributed by atoms with van der Waals surface area (Å²) < 4.78 is 7.16. The minimum Gasteiger partial charge on any atom is -0.508 e. The SMILES string of the molecule is COc1ccc(NC(=O)C2=C(C)Nc3nc4ccccc4n3[C@@H]2c2ccccc2O)cc1. The van der Waals surface area contributed by atoms with Gasteiger partial charge in [0, 0.05) is 16.9 Å². The number of ether oxygens (including phenoxy) is 1. The second kappa shape index (κ2) is 7.77. The van der Waals surface area contributed by atoms with Crippen LogP contribution in [0.2, 0.25) is 0 Å². The van der Waals surface area contributed by atoms with Crippen LogP contribution >= 0.6 is 0 Å². The van der Waals surface area contributed by atoms with Gasteiger partial charge >= 0.3 is 0 Å². The van der Waals surface area contributed by atoms with Crippen LogP contribution in [0.3, 0.4) is 0 Å². The third-order valence-corrected chi connectivity index (χ3v) is 5.65. The zero-order valence-electron chi connectivity index (χ0n) is 17.7. The number of aromatic hydroxyl groups is 1. The Morgan fingerprint density at radius 1 is 1.06 bits per heavy atom. The van der Waals surface area contributed by atoms with E-state index in [1.807, 2.05) is 47.9 Å². The highest BCUT2D eigenvalue weighted by Gasteiger charge is 2.35. The lowest BCUT2D eigenvalue weighted by molar-refractivity contribution is -0.113. The minimum atomic E-state index is -0.557. The van der Waals surface area contributed by atoms with Gasteiger partial charge in [-0.25, -0.2) is 4.98 Å². The molecule has 7 heteroatoms. The highest BCUT2D eigenvalue weighted by molar-refractivity contribution is 6.06. The van der Waals surface area contributed by atoms with E-state index < -0.39 is 6.04 Å². The summed E-state index contributed by atoms with van der Waals surface area (Å²) in [5.41, 5.74) is 4.11. The van der Waals surface area contributed by atoms with Gasteiger partial charge in [-0.15, -0.1) is 0 Å². The largest absolute Gasteiger partial charge is 0.508 e. The Labute approximate surface area is 185 Å². The minimum absolute atomic E-state index is 0.116. The Kier molecular flexibility index (Phi) is 4.78. The summed E-state index contributed by atoms with van der Waals surface area (Å²) in [5, 5.41) is 17.0. The molecule has 1 aliphatic rings. The smallest absolute Gasteiger partial charge is 0.255 e. The number of fused-ring (bicyclic) bond motifs is 3. The molecule has 0 radical (unpaired) electrons. The maximum Gasteiger partial charge on any atom is 0.255 e. The third kappa shape index (κ3) is 3.24. The molecule has 1 atom stereocenters. The lowest BCUT2D eigenvalue weighted by Crippen LogP contribution is -2.31. The first-order valence-corrected chi connectivity index (χ1v) is 10.2. The third-order valence-electron chi connectivity index (χ3n) is 5.65. The summed E-state index contributed by atoms with van der Waals surface area (Å²) in [4.78, 5) is 18.2. The van der Waals surface area contributed by atoms with Gasteiger partial charge in [-0.2, -0.15) is 0 Å². The van der Waals surface area contributed by atoms with Crippen molar-refractivity contribution >= 4 is 28.6 Å². The van der Waals surface area contributed by atoms with E-state index >= 15 is 0 Å². The molecule has 3 aromatic carbocycles. The van der Waals surface area contributed by atoms with Crippen LogP contribution in [0.15, 0.2) is 84.1 Å². The van der Waals surface area contributed by atoms with Gasteiger partial charge in [0.1, 0.15) is 11.5 Å². The lowest BCUT2D eigenvalue weighted by atomic mass is 9.93. The number of carbonyl (C=O) groups is 1. The molecule has 5 rings (SSSR count). The first-order chi connectivity index (χ1) is 15.6. The van der Waals surface area contributed by atoms with Crippen LogP contribution in [0.4, 0.5) is 11.6 Å². The van der Waals surface area contributed by atoms with Crippen LogP contribution in [0.25, 0.3) is 11.0 Å². The number of hydrogen-bond acceptors (Lipinski definition) is 5. The molecule has 0 bridgehead atoms. The molecule has 0 fully saturated rings. The number of para-hydroxylation sites is 3. The molecule has 7 nitrogen and oxygen atoms in total.